The largest absolute Gasteiger partial charge is 0.416 e. The summed E-state index contributed by atoms with van der Waals surface area (Å²) in [6.07, 6.45) is -2.41. The third kappa shape index (κ3) is 5.94. The van der Waals surface area contributed by atoms with Gasteiger partial charge in [0.2, 0.25) is 5.91 Å². The fraction of sp³-hybridized carbons (Fsp3) is 0.276. The highest BCUT2D eigenvalue weighted by molar-refractivity contribution is 5.86. The molecule has 0 bridgehead atoms. The van der Waals surface area contributed by atoms with E-state index in [2.05, 4.69) is 9.88 Å². The molecule has 0 aliphatic heterocycles. The molecule has 3 nitrogen and oxygen atoms in total. The summed E-state index contributed by atoms with van der Waals surface area (Å²) in [5, 5.41) is 3.86. The smallest absolute Gasteiger partial charge is 0.356 e. The van der Waals surface area contributed by atoms with Crippen molar-refractivity contribution in [1.82, 2.24) is 9.88 Å². The highest BCUT2D eigenvalue weighted by atomic mass is 19.4. The Bertz CT molecular complexity index is 1290. The number of carbonyl (C=O) groups excluding carboxylic acids is 1. The van der Waals surface area contributed by atoms with Crippen LogP contribution in [0.25, 0.3) is 10.9 Å². The van der Waals surface area contributed by atoms with Crippen molar-refractivity contribution in [3.8, 4) is 0 Å². The molecule has 0 fully saturated rings. The van der Waals surface area contributed by atoms with Crippen LogP contribution in [-0.2, 0) is 17.5 Å². The number of aromatic nitrogens is 1. The molecule has 0 aliphatic rings. The third-order valence-electron chi connectivity index (χ3n) is 6.10. The van der Waals surface area contributed by atoms with E-state index in [0.29, 0.717) is 18.7 Å². The zero-order chi connectivity index (χ0) is 25.0. The SMILES string of the molecule is CC(C)CNC(=O)CC(c1cccc(C(F)(F)F)c1)c1cn(Cc2ccccc2)c2ccccc12. The van der Waals surface area contributed by atoms with E-state index in [0.717, 1.165) is 28.1 Å². The van der Waals surface area contributed by atoms with Gasteiger partial charge in [0.1, 0.15) is 0 Å². The van der Waals surface area contributed by atoms with Gasteiger partial charge in [-0.3, -0.25) is 4.79 Å². The highest BCUT2D eigenvalue weighted by Crippen LogP contribution is 2.38. The van der Waals surface area contributed by atoms with Gasteiger partial charge in [-0.1, -0.05) is 80.6 Å². The molecule has 4 rings (SSSR count). The molecule has 0 spiro atoms. The lowest BCUT2D eigenvalue weighted by Gasteiger charge is -2.19. The molecular weight excluding hydrogens is 449 g/mol. The Balaban J connectivity index is 1.80. The second-order valence-electron chi connectivity index (χ2n) is 9.29. The van der Waals surface area contributed by atoms with E-state index in [1.807, 2.05) is 74.6 Å². The molecule has 182 valence electrons. The summed E-state index contributed by atoms with van der Waals surface area (Å²) in [6, 6.07) is 23.2. The minimum Gasteiger partial charge on any atom is -0.356 e. The van der Waals surface area contributed by atoms with Crippen LogP contribution in [0.3, 0.4) is 0 Å². The average Bonchev–Trinajstić information content (AvgIpc) is 3.19. The predicted octanol–water partition coefficient (Wildman–Crippen LogP) is 7.00. The number of nitrogens with one attached hydrogen (secondary N) is 1. The van der Waals surface area contributed by atoms with E-state index in [1.54, 1.807) is 6.07 Å². The van der Waals surface area contributed by atoms with Gasteiger partial charge in [-0.2, -0.15) is 13.2 Å². The van der Waals surface area contributed by atoms with Crippen molar-refractivity contribution in [1.29, 1.82) is 0 Å². The van der Waals surface area contributed by atoms with E-state index >= 15 is 0 Å². The Labute approximate surface area is 203 Å². The maximum atomic E-state index is 13.5. The zero-order valence-electron chi connectivity index (χ0n) is 19.8. The molecule has 1 amide bonds. The van der Waals surface area contributed by atoms with Crippen LogP contribution in [0.15, 0.2) is 85.1 Å². The molecule has 0 aliphatic carbocycles. The van der Waals surface area contributed by atoms with E-state index in [9.17, 15) is 18.0 Å². The Morgan fingerprint density at radius 2 is 1.66 bits per heavy atom. The third-order valence-corrected chi connectivity index (χ3v) is 6.10. The van der Waals surface area contributed by atoms with Gasteiger partial charge in [-0.15, -0.1) is 0 Å². The molecule has 1 heterocycles. The molecule has 0 saturated carbocycles. The molecular formula is C29H29F3N2O. The number of rotatable bonds is 8. The fourth-order valence-corrected chi connectivity index (χ4v) is 4.38. The van der Waals surface area contributed by atoms with Crippen molar-refractivity contribution in [2.75, 3.05) is 6.54 Å². The van der Waals surface area contributed by atoms with Crippen molar-refractivity contribution >= 4 is 16.8 Å². The number of halogens is 3. The molecule has 35 heavy (non-hydrogen) atoms. The minimum atomic E-state index is -4.46. The number of alkyl halides is 3. The van der Waals surface area contributed by atoms with Crippen molar-refractivity contribution < 1.29 is 18.0 Å². The molecule has 1 atom stereocenters. The summed E-state index contributed by atoms with van der Waals surface area (Å²) < 4.78 is 42.7. The van der Waals surface area contributed by atoms with Gasteiger partial charge in [-0.25, -0.2) is 0 Å². The molecule has 3 aromatic carbocycles. The number of benzene rings is 3. The quantitative estimate of drug-likeness (QED) is 0.291. The standard InChI is InChI=1S/C29H29F3N2O/c1-20(2)17-33-28(35)16-25(22-11-8-12-23(15-22)29(30,31)32)26-19-34(18-21-9-4-3-5-10-21)27-14-7-6-13-24(26)27/h3-15,19-20,25H,16-18H2,1-2H3,(H,33,35). The molecule has 4 aromatic rings. The zero-order valence-corrected chi connectivity index (χ0v) is 19.8. The minimum absolute atomic E-state index is 0.0629. The van der Waals surface area contributed by atoms with Crippen LogP contribution in [0, 0.1) is 5.92 Å². The maximum absolute atomic E-state index is 13.5. The molecule has 6 heteroatoms. The first-order valence-corrected chi connectivity index (χ1v) is 11.8. The summed E-state index contributed by atoms with van der Waals surface area (Å²) in [7, 11) is 0. The first kappa shape index (κ1) is 24.6. The average molecular weight is 479 g/mol. The van der Waals surface area contributed by atoms with Crippen molar-refractivity contribution in [3.63, 3.8) is 0 Å². The fourth-order valence-electron chi connectivity index (χ4n) is 4.38. The second kappa shape index (κ2) is 10.4. The van der Waals surface area contributed by atoms with Crippen LogP contribution in [0.4, 0.5) is 13.2 Å². The van der Waals surface area contributed by atoms with Gasteiger partial charge in [0.25, 0.3) is 0 Å². The maximum Gasteiger partial charge on any atom is 0.416 e. The highest BCUT2D eigenvalue weighted by Gasteiger charge is 2.32. The number of hydrogen-bond acceptors (Lipinski definition) is 1. The second-order valence-corrected chi connectivity index (χ2v) is 9.29. The topological polar surface area (TPSA) is 34.0 Å². The normalized spacial score (nSPS) is 12.7. The van der Waals surface area contributed by atoms with Gasteiger partial charge in [0, 0.05) is 42.5 Å². The summed E-state index contributed by atoms with van der Waals surface area (Å²) in [5.41, 5.74) is 2.70. The molecule has 1 aromatic heterocycles. The first-order chi connectivity index (χ1) is 16.7. The molecule has 0 saturated heterocycles. The van der Waals surface area contributed by atoms with Crippen molar-refractivity contribution in [2.24, 2.45) is 5.92 Å². The lowest BCUT2D eigenvalue weighted by atomic mass is 9.87. The lowest BCUT2D eigenvalue weighted by molar-refractivity contribution is -0.137. The molecule has 0 radical (unpaired) electrons. The summed E-state index contributed by atoms with van der Waals surface area (Å²) in [4.78, 5) is 12.9. The van der Waals surface area contributed by atoms with Gasteiger partial charge >= 0.3 is 6.18 Å². The van der Waals surface area contributed by atoms with Gasteiger partial charge in [0.05, 0.1) is 5.56 Å². The molecule has 1 N–H and O–H groups in total. The Morgan fingerprint density at radius 1 is 0.943 bits per heavy atom. The summed E-state index contributed by atoms with van der Waals surface area (Å²) >= 11 is 0. The number of para-hydroxylation sites is 1. The van der Waals surface area contributed by atoms with E-state index in [-0.39, 0.29) is 18.2 Å². The van der Waals surface area contributed by atoms with Crippen molar-refractivity contribution in [2.45, 2.75) is 38.9 Å². The van der Waals surface area contributed by atoms with Crippen LogP contribution in [0.2, 0.25) is 0 Å². The van der Waals surface area contributed by atoms with Gasteiger partial charge < -0.3 is 9.88 Å². The van der Waals surface area contributed by atoms with E-state index in [4.69, 9.17) is 0 Å². The molecule has 1 unspecified atom stereocenters. The lowest BCUT2D eigenvalue weighted by Crippen LogP contribution is -2.28. The number of carbonyl (C=O) groups is 1. The van der Waals surface area contributed by atoms with Crippen LogP contribution >= 0.6 is 0 Å². The van der Waals surface area contributed by atoms with Gasteiger partial charge in [-0.05, 0) is 34.7 Å². The predicted molar refractivity (Wildman–Crippen MR) is 133 cm³/mol. The van der Waals surface area contributed by atoms with Crippen LogP contribution in [-0.4, -0.2) is 17.0 Å². The van der Waals surface area contributed by atoms with Crippen LogP contribution in [0.5, 0.6) is 0 Å². The van der Waals surface area contributed by atoms with Crippen LogP contribution < -0.4 is 5.32 Å². The first-order valence-electron chi connectivity index (χ1n) is 11.8. The van der Waals surface area contributed by atoms with E-state index in [1.165, 1.54) is 12.1 Å². The number of nitrogens with zero attached hydrogens (tertiary/aromatic N) is 1. The van der Waals surface area contributed by atoms with E-state index < -0.39 is 17.7 Å². The Hall–Kier alpha value is -3.54. The number of fused-ring (bicyclic) bond motifs is 1. The Morgan fingerprint density at radius 3 is 2.37 bits per heavy atom. The number of amides is 1. The number of hydrogen-bond donors (Lipinski definition) is 1. The van der Waals surface area contributed by atoms with Crippen LogP contribution in [0.1, 0.15) is 48.4 Å². The summed E-state index contributed by atoms with van der Waals surface area (Å²) in [6.45, 7) is 5.14. The summed E-state index contributed by atoms with van der Waals surface area (Å²) in [5.74, 6) is -0.425. The monoisotopic (exact) mass is 478 g/mol. The van der Waals surface area contributed by atoms with Gasteiger partial charge in [0.15, 0.2) is 0 Å². The van der Waals surface area contributed by atoms with Crippen molar-refractivity contribution in [3.05, 3.63) is 107 Å². The Kier molecular flexibility index (Phi) is 7.29.